The molecule has 0 saturated carbocycles. The van der Waals surface area contributed by atoms with Crippen LogP contribution in [0.25, 0.3) is 0 Å². The lowest BCUT2D eigenvalue weighted by molar-refractivity contribution is -0.384. The highest BCUT2D eigenvalue weighted by Crippen LogP contribution is 2.25. The van der Waals surface area contributed by atoms with Crippen molar-refractivity contribution in [1.29, 1.82) is 0 Å². The standard InChI is InChI=1S/C14H23N3O3/c1-4-14(2,7-8-18)16-10-11-5-6-12(15-3)13(9-11)17(19)20/h5-6,9,15-16,18H,4,7-8,10H2,1-3H3. The van der Waals surface area contributed by atoms with E-state index < -0.39 is 0 Å². The Kier molecular flexibility index (Phi) is 5.91. The van der Waals surface area contributed by atoms with Crippen LogP contribution in [0.15, 0.2) is 18.2 Å². The summed E-state index contributed by atoms with van der Waals surface area (Å²) in [6.45, 7) is 4.75. The van der Waals surface area contributed by atoms with Crippen LogP contribution in [0.4, 0.5) is 11.4 Å². The largest absolute Gasteiger partial charge is 0.396 e. The quantitative estimate of drug-likeness (QED) is 0.502. The summed E-state index contributed by atoms with van der Waals surface area (Å²) in [4.78, 5) is 10.6. The number of benzene rings is 1. The van der Waals surface area contributed by atoms with E-state index in [4.69, 9.17) is 5.11 Å². The fourth-order valence-corrected chi connectivity index (χ4v) is 2.00. The molecule has 0 fully saturated rings. The molecular formula is C14H23N3O3. The van der Waals surface area contributed by atoms with E-state index in [-0.39, 0.29) is 22.8 Å². The van der Waals surface area contributed by atoms with Crippen LogP contribution in [-0.4, -0.2) is 29.2 Å². The highest BCUT2D eigenvalue weighted by atomic mass is 16.6. The minimum atomic E-state index is -0.387. The van der Waals surface area contributed by atoms with E-state index in [1.54, 1.807) is 19.2 Å². The summed E-state index contributed by atoms with van der Waals surface area (Å²) in [5.74, 6) is 0. The Labute approximate surface area is 119 Å². The number of nitrogens with zero attached hydrogens (tertiary/aromatic N) is 1. The van der Waals surface area contributed by atoms with Gasteiger partial charge in [-0.05, 0) is 31.4 Å². The van der Waals surface area contributed by atoms with Gasteiger partial charge in [-0.1, -0.05) is 13.0 Å². The Bertz CT molecular complexity index is 465. The molecule has 0 heterocycles. The molecule has 0 aliphatic heterocycles. The van der Waals surface area contributed by atoms with Gasteiger partial charge in [0.25, 0.3) is 5.69 Å². The first-order chi connectivity index (χ1) is 9.45. The second-order valence-corrected chi connectivity index (χ2v) is 5.10. The second-order valence-electron chi connectivity index (χ2n) is 5.10. The predicted molar refractivity (Wildman–Crippen MR) is 79.9 cm³/mol. The van der Waals surface area contributed by atoms with Gasteiger partial charge in [0, 0.05) is 31.8 Å². The number of aliphatic hydroxyl groups is 1. The van der Waals surface area contributed by atoms with Gasteiger partial charge in [-0.3, -0.25) is 10.1 Å². The van der Waals surface area contributed by atoms with Gasteiger partial charge in [-0.2, -0.15) is 0 Å². The van der Waals surface area contributed by atoms with Gasteiger partial charge in [-0.15, -0.1) is 0 Å². The lowest BCUT2D eigenvalue weighted by Gasteiger charge is -2.29. The summed E-state index contributed by atoms with van der Waals surface area (Å²) in [6, 6.07) is 5.15. The highest BCUT2D eigenvalue weighted by molar-refractivity contribution is 5.62. The summed E-state index contributed by atoms with van der Waals surface area (Å²) < 4.78 is 0. The summed E-state index contributed by atoms with van der Waals surface area (Å²) in [5, 5.41) is 26.3. The molecule has 3 N–H and O–H groups in total. The van der Waals surface area contributed by atoms with Gasteiger partial charge in [0.2, 0.25) is 0 Å². The average Bonchev–Trinajstić information content (AvgIpc) is 2.45. The molecule has 1 unspecified atom stereocenters. The van der Waals surface area contributed by atoms with E-state index >= 15 is 0 Å². The minimum Gasteiger partial charge on any atom is -0.396 e. The third-order valence-electron chi connectivity index (χ3n) is 3.69. The second kappa shape index (κ2) is 7.21. The topological polar surface area (TPSA) is 87.4 Å². The van der Waals surface area contributed by atoms with Crippen molar-refractivity contribution >= 4 is 11.4 Å². The van der Waals surface area contributed by atoms with Crippen molar-refractivity contribution in [3.63, 3.8) is 0 Å². The maximum absolute atomic E-state index is 11.0. The first-order valence-electron chi connectivity index (χ1n) is 6.76. The van der Waals surface area contributed by atoms with Gasteiger partial charge in [0.15, 0.2) is 0 Å². The van der Waals surface area contributed by atoms with E-state index in [1.165, 1.54) is 0 Å². The summed E-state index contributed by atoms with van der Waals surface area (Å²) in [6.07, 6.45) is 1.53. The molecule has 0 saturated heterocycles. The fourth-order valence-electron chi connectivity index (χ4n) is 2.00. The molecule has 0 aromatic heterocycles. The Morgan fingerprint density at radius 2 is 2.15 bits per heavy atom. The van der Waals surface area contributed by atoms with Crippen LogP contribution in [0, 0.1) is 10.1 Å². The van der Waals surface area contributed by atoms with Crippen LogP contribution in [0.3, 0.4) is 0 Å². The van der Waals surface area contributed by atoms with Crippen molar-refractivity contribution < 1.29 is 10.0 Å². The molecule has 6 nitrogen and oxygen atoms in total. The zero-order valence-electron chi connectivity index (χ0n) is 12.3. The number of hydrogen-bond donors (Lipinski definition) is 3. The van der Waals surface area contributed by atoms with Crippen LogP contribution in [-0.2, 0) is 6.54 Å². The molecule has 1 atom stereocenters. The maximum Gasteiger partial charge on any atom is 0.292 e. The van der Waals surface area contributed by atoms with E-state index in [9.17, 15) is 10.1 Å². The molecule has 20 heavy (non-hydrogen) atoms. The smallest absolute Gasteiger partial charge is 0.292 e. The van der Waals surface area contributed by atoms with Crippen molar-refractivity contribution in [3.05, 3.63) is 33.9 Å². The third kappa shape index (κ3) is 4.18. The number of anilines is 1. The number of nitrogens with one attached hydrogen (secondary N) is 2. The number of nitro groups is 1. The number of aliphatic hydroxyl groups excluding tert-OH is 1. The normalized spacial score (nSPS) is 13.8. The van der Waals surface area contributed by atoms with Crippen molar-refractivity contribution in [2.45, 2.75) is 38.8 Å². The molecule has 6 heteroatoms. The zero-order chi connectivity index (χ0) is 15.2. The first-order valence-corrected chi connectivity index (χ1v) is 6.76. The van der Waals surface area contributed by atoms with Gasteiger partial charge in [-0.25, -0.2) is 0 Å². The van der Waals surface area contributed by atoms with Crippen LogP contribution in [0.1, 0.15) is 32.3 Å². The van der Waals surface area contributed by atoms with E-state index in [1.807, 2.05) is 13.0 Å². The summed E-state index contributed by atoms with van der Waals surface area (Å²) in [7, 11) is 1.66. The Morgan fingerprint density at radius 1 is 1.45 bits per heavy atom. The molecule has 1 aromatic rings. The SMILES string of the molecule is CCC(C)(CCO)NCc1ccc(NC)c([N+](=O)[O-])c1. The molecule has 0 aliphatic carbocycles. The van der Waals surface area contributed by atoms with Gasteiger partial charge in [0.1, 0.15) is 5.69 Å². The Balaban J connectivity index is 2.83. The molecule has 0 spiro atoms. The molecule has 1 rings (SSSR count). The number of hydrogen-bond acceptors (Lipinski definition) is 5. The molecule has 112 valence electrons. The van der Waals surface area contributed by atoms with Crippen molar-refractivity contribution in [2.24, 2.45) is 0 Å². The zero-order valence-corrected chi connectivity index (χ0v) is 12.3. The Morgan fingerprint density at radius 3 is 2.65 bits per heavy atom. The Hall–Kier alpha value is -1.66. The van der Waals surface area contributed by atoms with Gasteiger partial charge in [0.05, 0.1) is 4.92 Å². The van der Waals surface area contributed by atoms with Crippen molar-refractivity contribution in [1.82, 2.24) is 5.32 Å². The van der Waals surface area contributed by atoms with E-state index in [0.717, 1.165) is 12.0 Å². The maximum atomic E-state index is 11.0. The van der Waals surface area contributed by atoms with Gasteiger partial charge >= 0.3 is 0 Å². The lowest BCUT2D eigenvalue weighted by Crippen LogP contribution is -2.42. The lowest BCUT2D eigenvalue weighted by atomic mass is 9.94. The molecule has 0 aliphatic rings. The third-order valence-corrected chi connectivity index (χ3v) is 3.69. The molecule has 0 bridgehead atoms. The minimum absolute atomic E-state index is 0.0761. The average molecular weight is 281 g/mol. The number of nitro benzene ring substituents is 1. The fraction of sp³-hybridized carbons (Fsp3) is 0.571. The molecule has 1 aromatic carbocycles. The van der Waals surface area contributed by atoms with Crippen molar-refractivity contribution in [2.75, 3.05) is 19.0 Å². The summed E-state index contributed by atoms with van der Waals surface area (Å²) in [5.41, 5.74) is 1.28. The van der Waals surface area contributed by atoms with E-state index in [2.05, 4.69) is 17.6 Å². The predicted octanol–water partition coefficient (Wildman–Crippen LogP) is 2.28. The molecular weight excluding hydrogens is 258 g/mol. The van der Waals surface area contributed by atoms with Crippen LogP contribution >= 0.6 is 0 Å². The van der Waals surface area contributed by atoms with Gasteiger partial charge < -0.3 is 15.7 Å². The molecule has 0 radical (unpaired) electrons. The molecule has 0 amide bonds. The first kappa shape index (κ1) is 16.4. The monoisotopic (exact) mass is 281 g/mol. The van der Waals surface area contributed by atoms with Crippen LogP contribution < -0.4 is 10.6 Å². The van der Waals surface area contributed by atoms with Crippen molar-refractivity contribution in [3.8, 4) is 0 Å². The summed E-state index contributed by atoms with van der Waals surface area (Å²) >= 11 is 0. The van der Waals surface area contributed by atoms with E-state index in [0.29, 0.717) is 18.7 Å². The van der Waals surface area contributed by atoms with Crippen LogP contribution in [0.5, 0.6) is 0 Å². The van der Waals surface area contributed by atoms with Crippen LogP contribution in [0.2, 0.25) is 0 Å². The number of rotatable bonds is 8. The highest BCUT2D eigenvalue weighted by Gasteiger charge is 2.21.